The number of aryl methyl sites for hydroxylation is 1. The summed E-state index contributed by atoms with van der Waals surface area (Å²) in [5.41, 5.74) is 3.27. The molecule has 1 nitrogen and oxygen atoms in total. The van der Waals surface area contributed by atoms with Gasteiger partial charge in [-0.15, -0.1) is 35.4 Å². The summed E-state index contributed by atoms with van der Waals surface area (Å²) in [5.74, 6) is 0. The molecule has 1 heterocycles. The average molecular weight is 511 g/mol. The summed E-state index contributed by atoms with van der Waals surface area (Å²) in [4.78, 5) is 4.66. The Morgan fingerprint density at radius 3 is 2.35 bits per heavy atom. The summed E-state index contributed by atoms with van der Waals surface area (Å²) in [6.07, 6.45) is 1.91. The van der Waals surface area contributed by atoms with Gasteiger partial charge in [-0.2, -0.15) is 0 Å². The summed E-state index contributed by atoms with van der Waals surface area (Å²) in [6, 6.07) is 29.0. The molecule has 5 rings (SSSR count). The molecule has 0 saturated carbocycles. The van der Waals surface area contributed by atoms with Gasteiger partial charge < -0.3 is 4.98 Å². The number of pyridine rings is 1. The van der Waals surface area contributed by atoms with Crippen LogP contribution in [0.1, 0.15) is 5.56 Å². The van der Waals surface area contributed by atoms with E-state index in [9.17, 15) is 0 Å². The van der Waals surface area contributed by atoms with Crippen LogP contribution in [0.3, 0.4) is 0 Å². The first-order valence-corrected chi connectivity index (χ1v) is 8.49. The Labute approximate surface area is 166 Å². The van der Waals surface area contributed by atoms with E-state index in [1.54, 1.807) is 0 Å². The van der Waals surface area contributed by atoms with Crippen molar-refractivity contribution < 1.29 is 20.1 Å². The van der Waals surface area contributed by atoms with Crippen LogP contribution in [0.15, 0.2) is 79.0 Å². The Morgan fingerprint density at radius 1 is 0.731 bits per heavy atom. The molecule has 0 aliphatic carbocycles. The Hall–Kier alpha value is -2.54. The minimum atomic E-state index is 0. The van der Waals surface area contributed by atoms with Crippen molar-refractivity contribution in [3.63, 3.8) is 0 Å². The molecule has 127 valence electrons. The van der Waals surface area contributed by atoms with Gasteiger partial charge >= 0.3 is 0 Å². The van der Waals surface area contributed by atoms with Crippen LogP contribution in [-0.4, -0.2) is 4.98 Å². The third-order valence-corrected chi connectivity index (χ3v) is 4.88. The zero-order chi connectivity index (χ0) is 16.8. The maximum absolute atomic E-state index is 4.66. The van der Waals surface area contributed by atoms with Gasteiger partial charge in [-0.05, 0) is 44.1 Å². The van der Waals surface area contributed by atoms with Crippen molar-refractivity contribution in [2.75, 3.05) is 0 Å². The molecule has 1 radical (unpaired) electrons. The Bertz CT molecular complexity index is 1260. The Morgan fingerprint density at radius 2 is 1.46 bits per heavy atom. The SMILES string of the molecule is Cc1cc[c-]c(-c2nccc3c2ccc2c4ccccc4ccc32)c1.[Ir]. The molecule has 26 heavy (non-hydrogen) atoms. The van der Waals surface area contributed by atoms with Gasteiger partial charge in [0, 0.05) is 26.3 Å². The van der Waals surface area contributed by atoms with Gasteiger partial charge in [0.25, 0.3) is 0 Å². The molecule has 5 aromatic rings. The summed E-state index contributed by atoms with van der Waals surface area (Å²) in [5, 5.41) is 7.54. The topological polar surface area (TPSA) is 12.9 Å². The fourth-order valence-electron chi connectivity index (χ4n) is 3.69. The van der Waals surface area contributed by atoms with Gasteiger partial charge in [0.15, 0.2) is 0 Å². The number of fused-ring (bicyclic) bond motifs is 5. The van der Waals surface area contributed by atoms with Gasteiger partial charge in [-0.25, -0.2) is 0 Å². The molecule has 0 aliphatic heterocycles. The van der Waals surface area contributed by atoms with E-state index in [4.69, 9.17) is 0 Å². The fourth-order valence-corrected chi connectivity index (χ4v) is 3.69. The van der Waals surface area contributed by atoms with E-state index in [-0.39, 0.29) is 20.1 Å². The second-order valence-corrected chi connectivity index (χ2v) is 6.48. The smallest absolute Gasteiger partial charge is 0.0167 e. The first-order valence-electron chi connectivity index (χ1n) is 8.49. The molecule has 0 saturated heterocycles. The molecule has 0 amide bonds. The van der Waals surface area contributed by atoms with Crippen molar-refractivity contribution in [3.8, 4) is 11.3 Å². The molecular formula is C24H16IrN-. The van der Waals surface area contributed by atoms with Crippen LogP contribution in [0.25, 0.3) is 43.6 Å². The third-order valence-electron chi connectivity index (χ3n) is 4.88. The van der Waals surface area contributed by atoms with E-state index in [2.05, 4.69) is 84.7 Å². The van der Waals surface area contributed by atoms with Crippen LogP contribution in [0.5, 0.6) is 0 Å². The predicted octanol–water partition coefficient (Wildman–Crippen LogP) is 6.31. The maximum atomic E-state index is 4.66. The number of aromatic nitrogens is 1. The first-order chi connectivity index (χ1) is 12.3. The van der Waals surface area contributed by atoms with E-state index in [1.807, 2.05) is 12.3 Å². The first kappa shape index (κ1) is 16.9. The molecule has 0 fully saturated rings. The van der Waals surface area contributed by atoms with E-state index in [0.29, 0.717) is 0 Å². The van der Waals surface area contributed by atoms with Gasteiger partial charge in [-0.3, -0.25) is 0 Å². The summed E-state index contributed by atoms with van der Waals surface area (Å²) >= 11 is 0. The average Bonchev–Trinajstić information content (AvgIpc) is 2.67. The largest absolute Gasteiger partial charge is 0.304 e. The van der Waals surface area contributed by atoms with Crippen LogP contribution in [0, 0.1) is 13.0 Å². The number of nitrogens with zero attached hydrogens (tertiary/aromatic N) is 1. The van der Waals surface area contributed by atoms with E-state index in [0.717, 1.165) is 11.3 Å². The normalized spacial score (nSPS) is 11.0. The second-order valence-electron chi connectivity index (χ2n) is 6.48. The number of benzene rings is 4. The summed E-state index contributed by atoms with van der Waals surface area (Å²) in [7, 11) is 0. The van der Waals surface area contributed by atoms with Gasteiger partial charge in [-0.1, -0.05) is 55.5 Å². The van der Waals surface area contributed by atoms with E-state index in [1.165, 1.54) is 37.9 Å². The van der Waals surface area contributed by atoms with Gasteiger partial charge in [0.1, 0.15) is 0 Å². The van der Waals surface area contributed by atoms with Crippen LogP contribution in [-0.2, 0) is 20.1 Å². The van der Waals surface area contributed by atoms with Gasteiger partial charge in [0.2, 0.25) is 0 Å². The van der Waals surface area contributed by atoms with Crippen LogP contribution >= 0.6 is 0 Å². The second kappa shape index (κ2) is 6.64. The van der Waals surface area contributed by atoms with Crippen molar-refractivity contribution >= 4 is 32.3 Å². The van der Waals surface area contributed by atoms with Crippen molar-refractivity contribution in [2.24, 2.45) is 0 Å². The molecule has 0 atom stereocenters. The van der Waals surface area contributed by atoms with Crippen molar-refractivity contribution in [1.29, 1.82) is 0 Å². The standard InChI is InChI=1S/C24H16N.Ir/c1-16-5-4-7-18(15-16)24-23-12-11-20-19-8-3-2-6-17(19)9-10-21(20)22(23)13-14-25-24;/h2-6,8-15H,1H3;/q-1;. The Kier molecular flexibility index (Phi) is 4.32. The zero-order valence-corrected chi connectivity index (χ0v) is 16.7. The molecule has 0 aliphatic rings. The van der Waals surface area contributed by atoms with Crippen LogP contribution in [0.2, 0.25) is 0 Å². The monoisotopic (exact) mass is 511 g/mol. The van der Waals surface area contributed by atoms with E-state index >= 15 is 0 Å². The van der Waals surface area contributed by atoms with Crippen molar-refractivity contribution in [3.05, 3.63) is 90.6 Å². The number of hydrogen-bond acceptors (Lipinski definition) is 1. The van der Waals surface area contributed by atoms with Crippen LogP contribution in [0.4, 0.5) is 0 Å². The zero-order valence-electron chi connectivity index (χ0n) is 14.3. The minimum absolute atomic E-state index is 0. The molecular weight excluding hydrogens is 494 g/mol. The predicted molar refractivity (Wildman–Crippen MR) is 106 cm³/mol. The fraction of sp³-hybridized carbons (Fsp3) is 0.0417. The summed E-state index contributed by atoms with van der Waals surface area (Å²) in [6.45, 7) is 2.10. The summed E-state index contributed by atoms with van der Waals surface area (Å²) < 4.78 is 0. The molecule has 2 heteroatoms. The molecule has 4 aromatic carbocycles. The Balaban J connectivity index is 0.00000168. The molecule has 0 spiro atoms. The quantitative estimate of drug-likeness (QED) is 0.190. The maximum Gasteiger partial charge on any atom is 0.0167 e. The minimum Gasteiger partial charge on any atom is -0.304 e. The van der Waals surface area contributed by atoms with Crippen molar-refractivity contribution in [1.82, 2.24) is 4.98 Å². The number of rotatable bonds is 1. The third kappa shape index (κ3) is 2.63. The van der Waals surface area contributed by atoms with Crippen LogP contribution < -0.4 is 0 Å². The van der Waals surface area contributed by atoms with Gasteiger partial charge in [0.05, 0.1) is 0 Å². The molecule has 1 aromatic heterocycles. The molecule has 0 unspecified atom stereocenters. The molecule has 0 N–H and O–H groups in total. The van der Waals surface area contributed by atoms with E-state index < -0.39 is 0 Å². The van der Waals surface area contributed by atoms with Crippen molar-refractivity contribution in [2.45, 2.75) is 6.92 Å². The number of hydrogen-bond donors (Lipinski definition) is 0. The molecule has 0 bridgehead atoms.